The SMILES string of the molecule is O=[N+]([O-])c1ccccc1S(=O)(=O)Nc1ccc(CN2CCN(Cc3ccco3)CC2)cc1. The molecule has 9 nitrogen and oxygen atoms in total. The Balaban J connectivity index is 1.33. The van der Waals surface area contributed by atoms with Crippen LogP contribution in [0.3, 0.4) is 0 Å². The molecule has 32 heavy (non-hydrogen) atoms. The molecule has 1 N–H and O–H groups in total. The summed E-state index contributed by atoms with van der Waals surface area (Å²) in [6, 6.07) is 16.3. The molecule has 0 spiro atoms. The minimum absolute atomic E-state index is 0.357. The van der Waals surface area contributed by atoms with Gasteiger partial charge in [0.05, 0.1) is 17.7 Å². The highest BCUT2D eigenvalue weighted by atomic mass is 32.2. The van der Waals surface area contributed by atoms with Crippen molar-refractivity contribution in [3.05, 3.63) is 88.4 Å². The number of piperazine rings is 1. The van der Waals surface area contributed by atoms with Gasteiger partial charge in [-0.3, -0.25) is 24.6 Å². The Morgan fingerprint density at radius 1 is 0.906 bits per heavy atom. The molecule has 1 aliphatic heterocycles. The Hall–Kier alpha value is -3.21. The number of hydrogen-bond donors (Lipinski definition) is 1. The highest BCUT2D eigenvalue weighted by Gasteiger charge is 2.25. The van der Waals surface area contributed by atoms with Gasteiger partial charge < -0.3 is 4.42 Å². The number of anilines is 1. The van der Waals surface area contributed by atoms with Crippen molar-refractivity contribution in [2.45, 2.75) is 18.0 Å². The van der Waals surface area contributed by atoms with E-state index in [0.717, 1.165) is 50.6 Å². The van der Waals surface area contributed by atoms with Crippen LogP contribution in [0.15, 0.2) is 76.2 Å². The van der Waals surface area contributed by atoms with Crippen molar-refractivity contribution in [1.82, 2.24) is 9.80 Å². The van der Waals surface area contributed by atoms with Gasteiger partial charge in [-0.05, 0) is 35.9 Å². The summed E-state index contributed by atoms with van der Waals surface area (Å²) in [6.07, 6.45) is 1.69. The zero-order chi connectivity index (χ0) is 22.6. The lowest BCUT2D eigenvalue weighted by Crippen LogP contribution is -2.45. The van der Waals surface area contributed by atoms with Crippen LogP contribution in [0, 0.1) is 10.1 Å². The quantitative estimate of drug-likeness (QED) is 0.409. The first-order valence-corrected chi connectivity index (χ1v) is 11.7. The topological polar surface area (TPSA) is 109 Å². The first kappa shape index (κ1) is 22.0. The largest absolute Gasteiger partial charge is 0.468 e. The van der Waals surface area contributed by atoms with Crippen molar-refractivity contribution < 1.29 is 17.8 Å². The van der Waals surface area contributed by atoms with E-state index in [1.165, 1.54) is 24.3 Å². The minimum atomic E-state index is -4.07. The van der Waals surface area contributed by atoms with Gasteiger partial charge in [0.1, 0.15) is 5.76 Å². The van der Waals surface area contributed by atoms with Crippen LogP contribution < -0.4 is 4.72 Å². The fourth-order valence-electron chi connectivity index (χ4n) is 3.71. The molecule has 1 fully saturated rings. The molecular formula is C22H24N4O5S. The molecule has 10 heteroatoms. The molecule has 0 atom stereocenters. The zero-order valence-electron chi connectivity index (χ0n) is 17.4. The molecule has 2 aromatic carbocycles. The summed E-state index contributed by atoms with van der Waals surface area (Å²) in [5.41, 5.74) is 0.969. The normalized spacial score (nSPS) is 15.5. The monoisotopic (exact) mass is 456 g/mol. The van der Waals surface area contributed by atoms with E-state index in [9.17, 15) is 18.5 Å². The molecule has 2 heterocycles. The molecule has 4 rings (SSSR count). The first-order chi connectivity index (χ1) is 15.4. The van der Waals surface area contributed by atoms with Gasteiger partial charge in [0.2, 0.25) is 0 Å². The number of nitro benzene ring substituents is 1. The van der Waals surface area contributed by atoms with E-state index >= 15 is 0 Å². The number of rotatable bonds is 8. The third-order valence-corrected chi connectivity index (χ3v) is 6.82. The van der Waals surface area contributed by atoms with Crippen LogP contribution in [-0.4, -0.2) is 49.3 Å². The second-order valence-electron chi connectivity index (χ2n) is 7.66. The lowest BCUT2D eigenvalue weighted by Gasteiger charge is -2.34. The second-order valence-corrected chi connectivity index (χ2v) is 9.31. The van der Waals surface area contributed by atoms with E-state index in [4.69, 9.17) is 4.42 Å². The summed E-state index contributed by atoms with van der Waals surface area (Å²) in [5, 5.41) is 11.2. The van der Waals surface area contributed by atoms with E-state index in [2.05, 4.69) is 14.5 Å². The zero-order valence-corrected chi connectivity index (χ0v) is 18.2. The van der Waals surface area contributed by atoms with Crippen molar-refractivity contribution in [3.63, 3.8) is 0 Å². The first-order valence-electron chi connectivity index (χ1n) is 10.2. The number of sulfonamides is 1. The molecule has 0 radical (unpaired) electrons. The van der Waals surface area contributed by atoms with Crippen LogP contribution in [-0.2, 0) is 23.1 Å². The fourth-order valence-corrected chi connectivity index (χ4v) is 4.94. The van der Waals surface area contributed by atoms with Gasteiger partial charge in [0.25, 0.3) is 15.7 Å². The number of hydrogen-bond acceptors (Lipinski definition) is 7. The Morgan fingerprint density at radius 3 is 2.19 bits per heavy atom. The van der Waals surface area contributed by atoms with Gasteiger partial charge >= 0.3 is 0 Å². The Morgan fingerprint density at radius 2 is 1.56 bits per heavy atom. The predicted molar refractivity (Wildman–Crippen MR) is 120 cm³/mol. The lowest BCUT2D eigenvalue weighted by atomic mass is 10.2. The minimum Gasteiger partial charge on any atom is -0.468 e. The fraction of sp³-hybridized carbons (Fsp3) is 0.273. The van der Waals surface area contributed by atoms with Crippen LogP contribution in [0.5, 0.6) is 0 Å². The predicted octanol–water partition coefficient (Wildman–Crippen LogP) is 3.31. The number of para-hydroxylation sites is 1. The molecule has 1 aromatic heterocycles. The molecule has 0 saturated carbocycles. The Kier molecular flexibility index (Phi) is 6.54. The third kappa shape index (κ3) is 5.34. The highest BCUT2D eigenvalue weighted by Crippen LogP contribution is 2.25. The van der Waals surface area contributed by atoms with E-state index in [1.54, 1.807) is 18.4 Å². The Labute approximate surface area is 186 Å². The summed E-state index contributed by atoms with van der Waals surface area (Å²) in [5.74, 6) is 0.970. The summed E-state index contributed by atoms with van der Waals surface area (Å²) in [6.45, 7) is 5.36. The molecule has 168 valence electrons. The van der Waals surface area contributed by atoms with Gasteiger partial charge in [-0.15, -0.1) is 0 Å². The van der Waals surface area contributed by atoms with Crippen molar-refractivity contribution in [2.24, 2.45) is 0 Å². The van der Waals surface area contributed by atoms with Crippen LogP contribution in [0.1, 0.15) is 11.3 Å². The number of nitro groups is 1. The number of nitrogens with one attached hydrogen (secondary N) is 1. The van der Waals surface area contributed by atoms with Gasteiger partial charge in [0.15, 0.2) is 4.90 Å². The second kappa shape index (κ2) is 9.51. The van der Waals surface area contributed by atoms with Gasteiger partial charge in [0, 0.05) is 44.5 Å². The van der Waals surface area contributed by atoms with Crippen LogP contribution in [0.4, 0.5) is 11.4 Å². The van der Waals surface area contributed by atoms with E-state index < -0.39 is 20.6 Å². The average molecular weight is 457 g/mol. The maximum Gasteiger partial charge on any atom is 0.289 e. The van der Waals surface area contributed by atoms with E-state index in [-0.39, 0.29) is 4.90 Å². The number of benzene rings is 2. The average Bonchev–Trinajstić information content (AvgIpc) is 3.29. The van der Waals surface area contributed by atoms with E-state index in [1.807, 2.05) is 24.3 Å². The maximum absolute atomic E-state index is 12.6. The van der Waals surface area contributed by atoms with Crippen LogP contribution in [0.2, 0.25) is 0 Å². The van der Waals surface area contributed by atoms with E-state index in [0.29, 0.717) is 5.69 Å². The lowest BCUT2D eigenvalue weighted by molar-refractivity contribution is -0.387. The van der Waals surface area contributed by atoms with Gasteiger partial charge in [-0.1, -0.05) is 24.3 Å². The molecule has 0 bridgehead atoms. The molecule has 3 aromatic rings. The summed E-state index contributed by atoms with van der Waals surface area (Å²) in [7, 11) is -4.07. The molecule has 0 aliphatic carbocycles. The van der Waals surface area contributed by atoms with Crippen molar-refractivity contribution in [3.8, 4) is 0 Å². The van der Waals surface area contributed by atoms with Crippen molar-refractivity contribution in [2.75, 3.05) is 30.9 Å². The standard InChI is InChI=1S/C22H24N4O5S/c27-26(28)21-5-1-2-6-22(21)32(29,30)23-19-9-7-18(8-10-19)16-24-11-13-25(14-12-24)17-20-4-3-15-31-20/h1-10,15,23H,11-14,16-17H2. The molecule has 1 saturated heterocycles. The Bertz CT molecular complexity index is 1160. The molecular weight excluding hydrogens is 432 g/mol. The highest BCUT2D eigenvalue weighted by molar-refractivity contribution is 7.92. The van der Waals surface area contributed by atoms with Crippen LogP contribution in [0.25, 0.3) is 0 Å². The molecule has 0 unspecified atom stereocenters. The van der Waals surface area contributed by atoms with Crippen molar-refractivity contribution >= 4 is 21.4 Å². The summed E-state index contributed by atoms with van der Waals surface area (Å²) < 4.78 is 33.1. The maximum atomic E-state index is 12.6. The number of furan rings is 1. The van der Waals surface area contributed by atoms with Gasteiger partial charge in [-0.2, -0.15) is 0 Å². The molecule has 1 aliphatic rings. The third-order valence-electron chi connectivity index (χ3n) is 5.39. The van der Waals surface area contributed by atoms with Crippen molar-refractivity contribution in [1.29, 1.82) is 0 Å². The van der Waals surface area contributed by atoms with Crippen LogP contribution >= 0.6 is 0 Å². The molecule has 0 amide bonds. The van der Waals surface area contributed by atoms with Gasteiger partial charge in [-0.25, -0.2) is 8.42 Å². The summed E-state index contributed by atoms with van der Waals surface area (Å²) >= 11 is 0. The number of nitrogens with zero attached hydrogens (tertiary/aromatic N) is 3. The summed E-state index contributed by atoms with van der Waals surface area (Å²) in [4.78, 5) is 14.8. The smallest absolute Gasteiger partial charge is 0.289 e.